The van der Waals surface area contributed by atoms with E-state index in [1.165, 1.54) is 23.9 Å². The summed E-state index contributed by atoms with van der Waals surface area (Å²) < 4.78 is 34.0. The number of halogens is 1. The predicted octanol–water partition coefficient (Wildman–Crippen LogP) is 5.63. The second-order valence-electron chi connectivity index (χ2n) is 9.59. The molecule has 0 aliphatic rings. The molecule has 1 N–H and O–H groups in total. The molecule has 1 amide bonds. The average Bonchev–Trinajstić information content (AvgIpc) is 2.95. The van der Waals surface area contributed by atoms with Gasteiger partial charge in [0.25, 0.3) is 15.9 Å². The second-order valence-corrected chi connectivity index (χ2v) is 11.7. The molecule has 0 aliphatic heterocycles. The van der Waals surface area contributed by atoms with E-state index in [1.807, 2.05) is 56.1 Å². The van der Waals surface area contributed by atoms with E-state index in [2.05, 4.69) is 14.7 Å². The van der Waals surface area contributed by atoms with E-state index < -0.39 is 15.9 Å². The molecule has 208 valence electrons. The van der Waals surface area contributed by atoms with Gasteiger partial charge in [0.05, 0.1) is 16.2 Å². The highest BCUT2D eigenvalue weighted by Gasteiger charge is 2.23. The van der Waals surface area contributed by atoms with Crippen LogP contribution in [0.1, 0.15) is 46.9 Å². The van der Waals surface area contributed by atoms with E-state index in [0.29, 0.717) is 23.3 Å². The Labute approximate surface area is 240 Å². The molecular formula is C30H31ClN4O4S. The van der Waals surface area contributed by atoms with Crippen LogP contribution in [0.2, 0.25) is 5.02 Å². The maximum atomic E-state index is 13.2. The maximum Gasteiger partial charge on any atom is 0.268 e. The first kappa shape index (κ1) is 29.0. The number of hydrogen-bond donors (Lipinski definition) is 1. The molecule has 3 aromatic carbocycles. The number of amides is 1. The number of benzene rings is 3. The van der Waals surface area contributed by atoms with Crippen molar-refractivity contribution in [2.24, 2.45) is 0 Å². The Morgan fingerprint density at radius 1 is 1.00 bits per heavy atom. The molecule has 0 saturated carbocycles. The zero-order valence-corrected chi connectivity index (χ0v) is 24.1. The van der Waals surface area contributed by atoms with Crippen LogP contribution in [0.25, 0.3) is 0 Å². The number of anilines is 1. The topological polar surface area (TPSA) is 101 Å². The van der Waals surface area contributed by atoms with Crippen molar-refractivity contribution >= 4 is 33.5 Å². The largest absolute Gasteiger partial charge is 0.487 e. The number of carbonyl (C=O) groups is 1. The number of ether oxygens (including phenoxy) is 1. The lowest BCUT2D eigenvalue weighted by Crippen LogP contribution is -2.32. The Hall–Kier alpha value is -3.95. The molecule has 0 unspecified atom stereocenters. The van der Waals surface area contributed by atoms with Crippen LogP contribution in [-0.2, 0) is 23.1 Å². The normalized spacial score (nSPS) is 11.3. The van der Waals surface area contributed by atoms with Gasteiger partial charge in [-0.15, -0.1) is 0 Å². The minimum atomic E-state index is -4.13. The maximum absolute atomic E-state index is 13.2. The van der Waals surface area contributed by atoms with Crippen molar-refractivity contribution in [3.05, 3.63) is 112 Å². The highest BCUT2D eigenvalue weighted by molar-refractivity contribution is 7.90. The van der Waals surface area contributed by atoms with Crippen LogP contribution in [0.4, 0.5) is 5.95 Å². The van der Waals surface area contributed by atoms with Gasteiger partial charge in [-0.05, 0) is 59.9 Å². The van der Waals surface area contributed by atoms with Gasteiger partial charge < -0.3 is 9.64 Å². The van der Waals surface area contributed by atoms with Crippen molar-refractivity contribution in [2.75, 3.05) is 18.5 Å². The third-order valence-corrected chi connectivity index (χ3v) is 7.89. The van der Waals surface area contributed by atoms with Crippen LogP contribution >= 0.6 is 11.6 Å². The number of nitrogens with one attached hydrogen (secondary N) is 1. The first-order valence-electron chi connectivity index (χ1n) is 12.8. The van der Waals surface area contributed by atoms with Gasteiger partial charge in [0.1, 0.15) is 12.4 Å². The minimum Gasteiger partial charge on any atom is -0.487 e. The lowest BCUT2D eigenvalue weighted by Gasteiger charge is -2.19. The van der Waals surface area contributed by atoms with Crippen LogP contribution in [0, 0.1) is 0 Å². The molecule has 1 heterocycles. The van der Waals surface area contributed by atoms with Crippen molar-refractivity contribution in [3.63, 3.8) is 0 Å². The number of likely N-dealkylation sites (N-methyl/N-ethyl adjacent to an activating group) is 1. The van der Waals surface area contributed by atoms with Crippen molar-refractivity contribution in [1.82, 2.24) is 14.7 Å². The summed E-state index contributed by atoms with van der Waals surface area (Å²) in [4.78, 5) is 24.0. The van der Waals surface area contributed by atoms with Crippen molar-refractivity contribution in [1.29, 1.82) is 0 Å². The molecule has 4 aromatic rings. The number of hydrogen-bond acceptors (Lipinski definition) is 7. The van der Waals surface area contributed by atoms with Crippen LogP contribution in [0.3, 0.4) is 0 Å². The molecule has 0 fully saturated rings. The van der Waals surface area contributed by atoms with E-state index in [1.54, 1.807) is 36.4 Å². The summed E-state index contributed by atoms with van der Waals surface area (Å²) in [5.74, 6) is 0.303. The Morgan fingerprint density at radius 3 is 2.33 bits per heavy atom. The van der Waals surface area contributed by atoms with Gasteiger partial charge in [0, 0.05) is 24.8 Å². The molecule has 8 nitrogen and oxygen atoms in total. The SMILES string of the molecule is CC(C)c1ccc(S(=O)(=O)NC(=O)c2cnc(N(C)CCc3ccccc3)nc2COc2ccc(Cl)cc2)cc1. The zero-order chi connectivity index (χ0) is 28.7. The number of nitrogens with zero attached hydrogens (tertiary/aromatic N) is 3. The monoisotopic (exact) mass is 578 g/mol. The summed E-state index contributed by atoms with van der Waals surface area (Å²) >= 11 is 5.97. The van der Waals surface area contributed by atoms with Gasteiger partial charge in [-0.1, -0.05) is 67.9 Å². The van der Waals surface area contributed by atoms with E-state index in [0.717, 1.165) is 12.0 Å². The van der Waals surface area contributed by atoms with Gasteiger partial charge >= 0.3 is 0 Å². The van der Waals surface area contributed by atoms with E-state index in [4.69, 9.17) is 16.3 Å². The molecule has 0 atom stereocenters. The lowest BCUT2D eigenvalue weighted by atomic mass is 10.0. The smallest absolute Gasteiger partial charge is 0.268 e. The lowest BCUT2D eigenvalue weighted by molar-refractivity contribution is 0.0978. The first-order valence-corrected chi connectivity index (χ1v) is 14.6. The summed E-state index contributed by atoms with van der Waals surface area (Å²) in [7, 11) is -2.27. The molecule has 0 bridgehead atoms. The molecular weight excluding hydrogens is 548 g/mol. The fourth-order valence-corrected chi connectivity index (χ4v) is 4.97. The Bertz CT molecular complexity index is 1550. The Morgan fingerprint density at radius 2 is 1.68 bits per heavy atom. The number of rotatable bonds is 11. The quantitative estimate of drug-likeness (QED) is 0.246. The van der Waals surface area contributed by atoms with Gasteiger partial charge in [0.2, 0.25) is 5.95 Å². The van der Waals surface area contributed by atoms with Crippen molar-refractivity contribution in [3.8, 4) is 5.75 Å². The Balaban J connectivity index is 1.56. The highest BCUT2D eigenvalue weighted by atomic mass is 35.5. The zero-order valence-electron chi connectivity index (χ0n) is 22.5. The Kier molecular flexibility index (Phi) is 9.39. The molecule has 0 saturated heterocycles. The fourth-order valence-electron chi connectivity index (χ4n) is 3.88. The van der Waals surface area contributed by atoms with Gasteiger partial charge in [-0.3, -0.25) is 4.79 Å². The first-order chi connectivity index (χ1) is 19.1. The third kappa shape index (κ3) is 7.58. The van der Waals surface area contributed by atoms with E-state index >= 15 is 0 Å². The summed E-state index contributed by atoms with van der Waals surface area (Å²) in [5.41, 5.74) is 2.40. The molecule has 1 aromatic heterocycles. The van der Waals surface area contributed by atoms with Crippen LogP contribution in [0.15, 0.2) is 90.0 Å². The van der Waals surface area contributed by atoms with Crippen LogP contribution < -0.4 is 14.4 Å². The van der Waals surface area contributed by atoms with Gasteiger partial charge in [-0.25, -0.2) is 23.1 Å². The third-order valence-electron chi connectivity index (χ3n) is 6.29. The highest BCUT2D eigenvalue weighted by Crippen LogP contribution is 2.20. The standard InChI is InChI=1S/C30H31ClN4O4S/c1-21(2)23-9-15-26(16-10-23)40(37,38)34-29(36)27-19-32-30(35(3)18-17-22-7-5-4-6-8-22)33-28(27)20-39-25-13-11-24(31)12-14-25/h4-16,19,21H,17-18,20H2,1-3H3,(H,34,36). The molecule has 0 aliphatic carbocycles. The average molecular weight is 579 g/mol. The predicted molar refractivity (Wildman–Crippen MR) is 156 cm³/mol. The summed E-state index contributed by atoms with van der Waals surface area (Å²) in [5, 5.41) is 0.559. The number of aromatic nitrogens is 2. The van der Waals surface area contributed by atoms with Gasteiger partial charge in [0.15, 0.2) is 0 Å². The molecule has 4 rings (SSSR count). The van der Waals surface area contributed by atoms with Crippen molar-refractivity contribution in [2.45, 2.75) is 37.7 Å². The van der Waals surface area contributed by atoms with Crippen LogP contribution in [0.5, 0.6) is 5.75 Å². The van der Waals surface area contributed by atoms with Crippen molar-refractivity contribution < 1.29 is 17.9 Å². The molecule has 40 heavy (non-hydrogen) atoms. The van der Waals surface area contributed by atoms with E-state index in [-0.39, 0.29) is 28.7 Å². The summed E-state index contributed by atoms with van der Waals surface area (Å²) in [6.07, 6.45) is 2.10. The minimum absolute atomic E-state index is 0.00320. The second kappa shape index (κ2) is 12.9. The number of carbonyl (C=O) groups excluding carboxylic acids is 1. The van der Waals surface area contributed by atoms with Gasteiger partial charge in [-0.2, -0.15) is 0 Å². The fraction of sp³-hybridized carbons (Fsp3) is 0.233. The van der Waals surface area contributed by atoms with Crippen LogP contribution in [-0.4, -0.2) is 37.9 Å². The number of sulfonamides is 1. The molecule has 0 spiro atoms. The molecule has 0 radical (unpaired) electrons. The molecule has 10 heteroatoms. The summed E-state index contributed by atoms with van der Waals surface area (Å²) in [6.45, 7) is 4.58. The van der Waals surface area contributed by atoms with E-state index in [9.17, 15) is 13.2 Å². The summed E-state index contributed by atoms with van der Waals surface area (Å²) in [6, 6.07) is 23.2.